The Balaban J connectivity index is 2.00. The van der Waals surface area contributed by atoms with Crippen LogP contribution in [0.2, 0.25) is 0 Å². The standard InChI is InChI=1S/C11H17N3O/c1-10(2)8-15-4-3-12-5-11-6-13-9-14-7-11/h6-7,9,12H,1,3-5,8H2,2H3. The minimum atomic E-state index is 0.635. The molecule has 0 radical (unpaired) electrons. The Bertz CT molecular complexity index is 287. The fraction of sp³-hybridized carbons (Fsp3) is 0.455. The number of nitrogens with zero attached hydrogens (tertiary/aromatic N) is 2. The van der Waals surface area contributed by atoms with Gasteiger partial charge in [0.25, 0.3) is 0 Å². The molecule has 15 heavy (non-hydrogen) atoms. The third-order valence-corrected chi connectivity index (χ3v) is 1.71. The van der Waals surface area contributed by atoms with E-state index in [9.17, 15) is 0 Å². The van der Waals surface area contributed by atoms with Gasteiger partial charge in [-0.2, -0.15) is 0 Å². The molecule has 4 heteroatoms. The smallest absolute Gasteiger partial charge is 0.115 e. The fourth-order valence-electron chi connectivity index (χ4n) is 1.04. The van der Waals surface area contributed by atoms with Gasteiger partial charge in [0.1, 0.15) is 6.33 Å². The molecule has 0 saturated heterocycles. The Labute approximate surface area is 90.4 Å². The van der Waals surface area contributed by atoms with Crippen molar-refractivity contribution in [3.8, 4) is 0 Å². The van der Waals surface area contributed by atoms with Crippen LogP contribution in [0.3, 0.4) is 0 Å². The maximum atomic E-state index is 5.34. The first-order chi connectivity index (χ1) is 7.29. The van der Waals surface area contributed by atoms with Crippen molar-refractivity contribution in [1.29, 1.82) is 0 Å². The molecule has 0 unspecified atom stereocenters. The molecule has 0 aliphatic rings. The van der Waals surface area contributed by atoms with Gasteiger partial charge in [0.15, 0.2) is 0 Å². The highest BCUT2D eigenvalue weighted by atomic mass is 16.5. The minimum absolute atomic E-state index is 0.635. The Kier molecular flexibility index (Phi) is 5.58. The third-order valence-electron chi connectivity index (χ3n) is 1.71. The molecule has 82 valence electrons. The van der Waals surface area contributed by atoms with Crippen LogP contribution in [0.25, 0.3) is 0 Å². The van der Waals surface area contributed by atoms with E-state index in [0.717, 1.165) is 24.2 Å². The van der Waals surface area contributed by atoms with E-state index in [1.807, 2.05) is 6.92 Å². The molecule has 1 aromatic rings. The summed E-state index contributed by atoms with van der Waals surface area (Å²) >= 11 is 0. The van der Waals surface area contributed by atoms with E-state index < -0.39 is 0 Å². The lowest BCUT2D eigenvalue weighted by Crippen LogP contribution is -2.19. The van der Waals surface area contributed by atoms with Crippen molar-refractivity contribution >= 4 is 0 Å². The highest BCUT2D eigenvalue weighted by Gasteiger charge is 1.92. The van der Waals surface area contributed by atoms with Gasteiger partial charge < -0.3 is 10.1 Å². The summed E-state index contributed by atoms with van der Waals surface area (Å²) in [6.07, 6.45) is 5.13. The maximum Gasteiger partial charge on any atom is 0.115 e. The van der Waals surface area contributed by atoms with Gasteiger partial charge in [-0.15, -0.1) is 0 Å². The Morgan fingerprint density at radius 3 is 2.87 bits per heavy atom. The fourth-order valence-corrected chi connectivity index (χ4v) is 1.04. The van der Waals surface area contributed by atoms with Crippen molar-refractivity contribution in [2.75, 3.05) is 19.8 Å². The lowest BCUT2D eigenvalue weighted by molar-refractivity contribution is 0.157. The van der Waals surface area contributed by atoms with E-state index >= 15 is 0 Å². The molecular formula is C11H17N3O. The minimum Gasteiger partial charge on any atom is -0.376 e. The van der Waals surface area contributed by atoms with Crippen LogP contribution < -0.4 is 5.32 Å². The van der Waals surface area contributed by atoms with Crippen LogP contribution in [0.15, 0.2) is 30.9 Å². The largest absolute Gasteiger partial charge is 0.376 e. The SMILES string of the molecule is C=C(C)COCCNCc1cncnc1. The van der Waals surface area contributed by atoms with E-state index in [1.165, 1.54) is 6.33 Å². The van der Waals surface area contributed by atoms with Crippen molar-refractivity contribution < 1.29 is 4.74 Å². The summed E-state index contributed by atoms with van der Waals surface area (Å²) in [5.41, 5.74) is 2.13. The monoisotopic (exact) mass is 207 g/mol. The molecule has 1 N–H and O–H groups in total. The molecule has 0 spiro atoms. The van der Waals surface area contributed by atoms with Gasteiger partial charge in [-0.3, -0.25) is 0 Å². The average Bonchev–Trinajstić information content (AvgIpc) is 2.24. The molecular weight excluding hydrogens is 190 g/mol. The summed E-state index contributed by atoms with van der Waals surface area (Å²) in [6.45, 7) is 8.64. The highest BCUT2D eigenvalue weighted by Crippen LogP contribution is 1.91. The first-order valence-electron chi connectivity index (χ1n) is 4.96. The van der Waals surface area contributed by atoms with Crippen LogP contribution in [-0.4, -0.2) is 29.7 Å². The van der Waals surface area contributed by atoms with Crippen molar-refractivity contribution in [3.05, 3.63) is 36.4 Å². The molecule has 0 aromatic carbocycles. The Hall–Kier alpha value is -1.26. The molecule has 0 bridgehead atoms. The van der Waals surface area contributed by atoms with Crippen LogP contribution in [0.5, 0.6) is 0 Å². The zero-order chi connectivity index (χ0) is 10.9. The first-order valence-corrected chi connectivity index (χ1v) is 4.96. The van der Waals surface area contributed by atoms with Crippen LogP contribution in [0.4, 0.5) is 0 Å². The number of rotatable bonds is 7. The molecule has 4 nitrogen and oxygen atoms in total. The van der Waals surface area contributed by atoms with Crippen LogP contribution in [-0.2, 0) is 11.3 Å². The lowest BCUT2D eigenvalue weighted by atomic mass is 10.3. The first kappa shape index (κ1) is 11.8. The summed E-state index contributed by atoms with van der Waals surface area (Å²) in [6, 6.07) is 0. The van der Waals surface area contributed by atoms with Crippen molar-refractivity contribution in [2.45, 2.75) is 13.5 Å². The zero-order valence-corrected chi connectivity index (χ0v) is 9.07. The van der Waals surface area contributed by atoms with Gasteiger partial charge in [-0.05, 0) is 6.92 Å². The van der Waals surface area contributed by atoms with Crippen LogP contribution >= 0.6 is 0 Å². The molecule has 1 heterocycles. The van der Waals surface area contributed by atoms with Gasteiger partial charge >= 0.3 is 0 Å². The summed E-state index contributed by atoms with van der Waals surface area (Å²) in [5.74, 6) is 0. The quantitative estimate of drug-likeness (QED) is 0.538. The van der Waals surface area contributed by atoms with E-state index in [2.05, 4.69) is 21.9 Å². The number of hydrogen-bond donors (Lipinski definition) is 1. The normalized spacial score (nSPS) is 10.2. The molecule has 0 fully saturated rings. The average molecular weight is 207 g/mol. The van der Waals surface area contributed by atoms with Gasteiger partial charge in [0.05, 0.1) is 13.2 Å². The highest BCUT2D eigenvalue weighted by molar-refractivity contribution is 5.01. The van der Waals surface area contributed by atoms with Gasteiger partial charge in [0, 0.05) is 31.0 Å². The molecule has 0 aliphatic carbocycles. The summed E-state index contributed by atoms with van der Waals surface area (Å²) in [7, 11) is 0. The predicted molar refractivity (Wildman–Crippen MR) is 59.4 cm³/mol. The van der Waals surface area contributed by atoms with Crippen molar-refractivity contribution in [1.82, 2.24) is 15.3 Å². The molecule has 0 atom stereocenters. The number of hydrogen-bond acceptors (Lipinski definition) is 4. The lowest BCUT2D eigenvalue weighted by Gasteiger charge is -2.05. The molecule has 1 rings (SSSR count). The van der Waals surface area contributed by atoms with E-state index in [1.54, 1.807) is 12.4 Å². The topological polar surface area (TPSA) is 47.0 Å². The third kappa shape index (κ3) is 5.93. The summed E-state index contributed by atoms with van der Waals surface area (Å²) in [5, 5.41) is 3.24. The Morgan fingerprint density at radius 1 is 1.47 bits per heavy atom. The number of nitrogens with one attached hydrogen (secondary N) is 1. The second kappa shape index (κ2) is 7.09. The van der Waals surface area contributed by atoms with Gasteiger partial charge in [-0.1, -0.05) is 12.2 Å². The van der Waals surface area contributed by atoms with Crippen LogP contribution in [0.1, 0.15) is 12.5 Å². The Morgan fingerprint density at radius 2 is 2.20 bits per heavy atom. The van der Waals surface area contributed by atoms with Gasteiger partial charge in [0.2, 0.25) is 0 Å². The summed E-state index contributed by atoms with van der Waals surface area (Å²) in [4.78, 5) is 7.86. The van der Waals surface area contributed by atoms with E-state index in [4.69, 9.17) is 4.74 Å². The molecule has 0 amide bonds. The number of aromatic nitrogens is 2. The van der Waals surface area contributed by atoms with E-state index in [-0.39, 0.29) is 0 Å². The molecule has 1 aromatic heterocycles. The van der Waals surface area contributed by atoms with Crippen molar-refractivity contribution in [3.63, 3.8) is 0 Å². The zero-order valence-electron chi connectivity index (χ0n) is 9.07. The molecule has 0 saturated carbocycles. The van der Waals surface area contributed by atoms with E-state index in [0.29, 0.717) is 13.2 Å². The van der Waals surface area contributed by atoms with Crippen molar-refractivity contribution in [2.24, 2.45) is 0 Å². The second-order valence-corrected chi connectivity index (χ2v) is 3.43. The maximum absolute atomic E-state index is 5.34. The van der Waals surface area contributed by atoms with Gasteiger partial charge in [-0.25, -0.2) is 9.97 Å². The summed E-state index contributed by atoms with van der Waals surface area (Å²) < 4.78 is 5.34. The molecule has 0 aliphatic heterocycles. The second-order valence-electron chi connectivity index (χ2n) is 3.43. The number of ether oxygens (including phenoxy) is 1. The predicted octanol–water partition coefficient (Wildman–Crippen LogP) is 1.16. The van der Waals surface area contributed by atoms with Crippen LogP contribution in [0, 0.1) is 0 Å².